The van der Waals surface area contributed by atoms with Crippen molar-refractivity contribution in [2.24, 2.45) is 5.73 Å². The number of fused-ring (bicyclic) bond motifs is 1. The van der Waals surface area contributed by atoms with Gasteiger partial charge in [0.1, 0.15) is 5.75 Å². The van der Waals surface area contributed by atoms with Crippen molar-refractivity contribution in [2.45, 2.75) is 12.8 Å². The first-order valence-electron chi connectivity index (χ1n) is 8.19. The van der Waals surface area contributed by atoms with E-state index in [0.29, 0.717) is 13.1 Å². The van der Waals surface area contributed by atoms with Gasteiger partial charge in [-0.1, -0.05) is 36.4 Å². The van der Waals surface area contributed by atoms with Gasteiger partial charge in [-0.15, -0.1) is 0 Å². The SMILES string of the molecule is COc1ccc(CCC=C2C(=O)N(CCN)c3ccccc32)cc1. The van der Waals surface area contributed by atoms with E-state index in [2.05, 4.69) is 12.1 Å². The molecule has 0 saturated carbocycles. The van der Waals surface area contributed by atoms with Crippen LogP contribution in [0.3, 0.4) is 0 Å². The largest absolute Gasteiger partial charge is 0.497 e. The van der Waals surface area contributed by atoms with Crippen molar-refractivity contribution in [1.82, 2.24) is 0 Å². The minimum atomic E-state index is 0.0522. The van der Waals surface area contributed by atoms with Gasteiger partial charge in [0, 0.05) is 24.2 Å². The number of anilines is 1. The highest BCUT2D eigenvalue weighted by Gasteiger charge is 2.30. The average Bonchev–Trinajstić information content (AvgIpc) is 2.88. The fraction of sp³-hybridized carbons (Fsp3) is 0.250. The van der Waals surface area contributed by atoms with Gasteiger partial charge < -0.3 is 15.4 Å². The molecule has 1 heterocycles. The summed E-state index contributed by atoms with van der Waals surface area (Å²) in [5.41, 5.74) is 9.63. The number of aryl methyl sites for hydroxylation is 1. The number of allylic oxidation sites excluding steroid dienone is 1. The maximum absolute atomic E-state index is 12.7. The van der Waals surface area contributed by atoms with E-state index in [1.807, 2.05) is 42.5 Å². The van der Waals surface area contributed by atoms with Gasteiger partial charge in [-0.25, -0.2) is 0 Å². The van der Waals surface area contributed by atoms with Crippen LogP contribution in [0.1, 0.15) is 17.5 Å². The average molecular weight is 322 g/mol. The summed E-state index contributed by atoms with van der Waals surface area (Å²) in [6, 6.07) is 15.9. The van der Waals surface area contributed by atoms with Crippen LogP contribution in [0.15, 0.2) is 54.6 Å². The molecule has 124 valence electrons. The summed E-state index contributed by atoms with van der Waals surface area (Å²) in [6.45, 7) is 1.00. The molecule has 3 rings (SSSR count). The first-order valence-corrected chi connectivity index (χ1v) is 8.19. The lowest BCUT2D eigenvalue weighted by Crippen LogP contribution is -2.31. The van der Waals surface area contributed by atoms with Crippen molar-refractivity contribution in [3.63, 3.8) is 0 Å². The molecule has 2 N–H and O–H groups in total. The Kier molecular flexibility index (Phi) is 4.96. The minimum absolute atomic E-state index is 0.0522. The van der Waals surface area contributed by atoms with Crippen molar-refractivity contribution in [2.75, 3.05) is 25.1 Å². The molecule has 24 heavy (non-hydrogen) atoms. The van der Waals surface area contributed by atoms with Crippen molar-refractivity contribution < 1.29 is 9.53 Å². The number of hydrogen-bond acceptors (Lipinski definition) is 3. The molecule has 0 bridgehead atoms. The molecular weight excluding hydrogens is 300 g/mol. The lowest BCUT2D eigenvalue weighted by molar-refractivity contribution is -0.113. The molecule has 0 fully saturated rings. The summed E-state index contributed by atoms with van der Waals surface area (Å²) in [7, 11) is 1.66. The van der Waals surface area contributed by atoms with E-state index in [1.54, 1.807) is 12.0 Å². The number of amides is 1. The van der Waals surface area contributed by atoms with Crippen LogP contribution < -0.4 is 15.4 Å². The lowest BCUT2D eigenvalue weighted by atomic mass is 10.0. The van der Waals surface area contributed by atoms with Gasteiger partial charge in [0.05, 0.1) is 12.8 Å². The molecule has 1 amide bonds. The third kappa shape index (κ3) is 3.19. The van der Waals surface area contributed by atoms with E-state index in [-0.39, 0.29) is 5.91 Å². The molecule has 0 spiro atoms. The lowest BCUT2D eigenvalue weighted by Gasteiger charge is -2.15. The number of ether oxygens (including phenoxy) is 1. The molecular formula is C20H22N2O2. The van der Waals surface area contributed by atoms with E-state index in [1.165, 1.54) is 5.56 Å². The summed E-state index contributed by atoms with van der Waals surface area (Å²) in [5.74, 6) is 0.908. The second kappa shape index (κ2) is 7.32. The summed E-state index contributed by atoms with van der Waals surface area (Å²) >= 11 is 0. The number of benzene rings is 2. The van der Waals surface area contributed by atoms with Crippen LogP contribution in [0.2, 0.25) is 0 Å². The van der Waals surface area contributed by atoms with Gasteiger partial charge >= 0.3 is 0 Å². The number of nitrogens with two attached hydrogens (primary N) is 1. The fourth-order valence-electron chi connectivity index (χ4n) is 3.03. The maximum atomic E-state index is 12.7. The summed E-state index contributed by atoms with van der Waals surface area (Å²) in [5, 5.41) is 0. The van der Waals surface area contributed by atoms with Gasteiger partial charge in [0.15, 0.2) is 0 Å². The normalized spacial score (nSPS) is 15.0. The Labute approximate surface area is 142 Å². The topological polar surface area (TPSA) is 55.6 Å². The molecule has 0 unspecified atom stereocenters. The molecule has 4 heteroatoms. The quantitative estimate of drug-likeness (QED) is 0.832. The predicted octanol–water partition coefficient (Wildman–Crippen LogP) is 3.02. The first kappa shape index (κ1) is 16.3. The fourth-order valence-corrected chi connectivity index (χ4v) is 3.03. The number of para-hydroxylation sites is 1. The molecule has 2 aromatic carbocycles. The molecule has 0 atom stereocenters. The number of methoxy groups -OCH3 is 1. The van der Waals surface area contributed by atoms with Crippen molar-refractivity contribution >= 4 is 17.2 Å². The molecule has 2 aromatic rings. The molecule has 1 aliphatic heterocycles. The van der Waals surface area contributed by atoms with E-state index in [4.69, 9.17) is 10.5 Å². The molecule has 0 saturated heterocycles. The summed E-state index contributed by atoms with van der Waals surface area (Å²) < 4.78 is 5.17. The summed E-state index contributed by atoms with van der Waals surface area (Å²) in [6.07, 6.45) is 3.75. The van der Waals surface area contributed by atoms with Crippen LogP contribution in [0, 0.1) is 0 Å². The van der Waals surface area contributed by atoms with Crippen LogP contribution >= 0.6 is 0 Å². The highest BCUT2D eigenvalue weighted by molar-refractivity contribution is 6.32. The maximum Gasteiger partial charge on any atom is 0.258 e. The van der Waals surface area contributed by atoms with Crippen LogP contribution in [0.25, 0.3) is 5.57 Å². The second-order valence-corrected chi connectivity index (χ2v) is 5.77. The van der Waals surface area contributed by atoms with E-state index in [0.717, 1.165) is 35.4 Å². The van der Waals surface area contributed by atoms with E-state index in [9.17, 15) is 4.79 Å². The second-order valence-electron chi connectivity index (χ2n) is 5.77. The van der Waals surface area contributed by atoms with Crippen LogP contribution in [0.4, 0.5) is 5.69 Å². The summed E-state index contributed by atoms with van der Waals surface area (Å²) in [4.78, 5) is 14.4. The van der Waals surface area contributed by atoms with Gasteiger partial charge in [-0.2, -0.15) is 0 Å². The zero-order chi connectivity index (χ0) is 16.9. The molecule has 0 radical (unpaired) electrons. The first-order chi connectivity index (χ1) is 11.7. The number of rotatable bonds is 6. The zero-order valence-corrected chi connectivity index (χ0v) is 13.9. The van der Waals surface area contributed by atoms with Gasteiger partial charge in [0.25, 0.3) is 5.91 Å². The minimum Gasteiger partial charge on any atom is -0.497 e. The van der Waals surface area contributed by atoms with Crippen LogP contribution in [0.5, 0.6) is 5.75 Å². The highest BCUT2D eigenvalue weighted by atomic mass is 16.5. The number of carbonyl (C=O) groups is 1. The highest BCUT2D eigenvalue weighted by Crippen LogP contribution is 2.36. The van der Waals surface area contributed by atoms with E-state index >= 15 is 0 Å². The monoisotopic (exact) mass is 322 g/mol. The van der Waals surface area contributed by atoms with Crippen LogP contribution in [-0.2, 0) is 11.2 Å². The predicted molar refractivity (Wildman–Crippen MR) is 97.1 cm³/mol. The van der Waals surface area contributed by atoms with Gasteiger partial charge in [-0.3, -0.25) is 4.79 Å². The van der Waals surface area contributed by atoms with E-state index < -0.39 is 0 Å². The Morgan fingerprint density at radius 2 is 1.88 bits per heavy atom. The van der Waals surface area contributed by atoms with Crippen molar-refractivity contribution in [3.05, 3.63) is 65.7 Å². The van der Waals surface area contributed by atoms with Gasteiger partial charge in [0.2, 0.25) is 0 Å². The Morgan fingerprint density at radius 3 is 2.58 bits per heavy atom. The molecule has 1 aliphatic rings. The standard InChI is InChI=1S/C20H22N2O2/c1-24-16-11-9-15(10-12-16)5-4-7-18-17-6-2-3-8-19(17)22(14-13-21)20(18)23/h2-3,6-12H,4-5,13-14,21H2,1H3. The van der Waals surface area contributed by atoms with Gasteiger partial charge in [-0.05, 0) is 36.6 Å². The zero-order valence-electron chi connectivity index (χ0n) is 13.9. The number of carbonyl (C=O) groups excluding carboxylic acids is 1. The Hall–Kier alpha value is -2.59. The Morgan fingerprint density at radius 1 is 1.12 bits per heavy atom. The van der Waals surface area contributed by atoms with Crippen molar-refractivity contribution in [1.29, 1.82) is 0 Å². The third-order valence-corrected chi connectivity index (χ3v) is 4.25. The Bertz CT molecular complexity index is 750. The smallest absolute Gasteiger partial charge is 0.258 e. The molecule has 4 nitrogen and oxygen atoms in total. The molecule has 0 aromatic heterocycles. The number of hydrogen-bond donors (Lipinski definition) is 1. The number of nitrogens with zero attached hydrogens (tertiary/aromatic N) is 1. The Balaban J connectivity index is 1.75. The van der Waals surface area contributed by atoms with Crippen LogP contribution in [-0.4, -0.2) is 26.1 Å². The third-order valence-electron chi connectivity index (χ3n) is 4.25. The molecule has 0 aliphatic carbocycles. The van der Waals surface area contributed by atoms with Crippen molar-refractivity contribution in [3.8, 4) is 5.75 Å².